The molecule has 0 atom stereocenters. The summed E-state index contributed by atoms with van der Waals surface area (Å²) in [4.78, 5) is 16.0. The van der Waals surface area contributed by atoms with Crippen LogP contribution in [-0.2, 0) is 0 Å². The minimum atomic E-state index is -0.104. The second-order valence-electron chi connectivity index (χ2n) is 3.68. The van der Waals surface area contributed by atoms with Gasteiger partial charge in [-0.25, -0.2) is 4.98 Å². The van der Waals surface area contributed by atoms with Crippen LogP contribution in [0.1, 0.15) is 24.3 Å². The van der Waals surface area contributed by atoms with E-state index in [-0.39, 0.29) is 11.9 Å². The monoisotopic (exact) mass is 252 g/mol. The summed E-state index contributed by atoms with van der Waals surface area (Å²) < 4.78 is 0. The van der Waals surface area contributed by atoms with Crippen LogP contribution < -0.4 is 5.32 Å². The predicted octanol–water partition coefficient (Wildman–Crippen LogP) is 3.01. The van der Waals surface area contributed by atoms with Gasteiger partial charge in [-0.3, -0.25) is 4.79 Å². The van der Waals surface area contributed by atoms with Crippen LogP contribution >= 0.6 is 22.7 Å². The van der Waals surface area contributed by atoms with E-state index in [1.54, 1.807) is 16.7 Å². The molecular weight excluding hydrogens is 240 g/mol. The minimum Gasteiger partial charge on any atom is -0.349 e. The van der Waals surface area contributed by atoms with Crippen molar-refractivity contribution in [1.82, 2.24) is 10.3 Å². The van der Waals surface area contributed by atoms with Crippen molar-refractivity contribution in [3.05, 3.63) is 27.9 Å². The first-order valence-corrected chi connectivity index (χ1v) is 6.78. The molecule has 1 amide bonds. The van der Waals surface area contributed by atoms with Crippen molar-refractivity contribution < 1.29 is 4.79 Å². The molecule has 0 saturated carbocycles. The molecule has 0 unspecified atom stereocenters. The molecule has 2 aromatic heterocycles. The third kappa shape index (κ3) is 2.48. The number of rotatable bonds is 3. The van der Waals surface area contributed by atoms with Crippen LogP contribution in [-0.4, -0.2) is 16.9 Å². The average molecular weight is 252 g/mol. The molecule has 0 aliphatic carbocycles. The second kappa shape index (κ2) is 4.76. The van der Waals surface area contributed by atoms with Crippen LogP contribution in [0.5, 0.6) is 0 Å². The summed E-state index contributed by atoms with van der Waals surface area (Å²) in [6.07, 6.45) is 0. The highest BCUT2D eigenvalue weighted by Crippen LogP contribution is 2.25. The maximum atomic E-state index is 11.7. The van der Waals surface area contributed by atoms with Gasteiger partial charge in [0.15, 0.2) is 0 Å². The number of amides is 1. The normalized spacial score (nSPS) is 10.7. The molecule has 0 bridgehead atoms. The Labute approximate surface area is 102 Å². The second-order valence-corrected chi connectivity index (χ2v) is 5.32. The average Bonchev–Trinajstić information content (AvgIpc) is 2.87. The van der Waals surface area contributed by atoms with Gasteiger partial charge in [-0.15, -0.1) is 11.3 Å². The third-order valence-electron chi connectivity index (χ3n) is 1.92. The summed E-state index contributed by atoms with van der Waals surface area (Å²) in [7, 11) is 0. The Morgan fingerprint density at radius 1 is 1.44 bits per heavy atom. The molecule has 1 N–H and O–H groups in total. The van der Waals surface area contributed by atoms with Gasteiger partial charge in [0, 0.05) is 22.4 Å². The highest BCUT2D eigenvalue weighted by atomic mass is 32.1. The van der Waals surface area contributed by atoms with Crippen molar-refractivity contribution in [2.45, 2.75) is 19.9 Å². The standard InChI is InChI=1S/C11H12N2OS2/c1-7(2)12-10(14)9-6-16-11(13-9)8-3-4-15-5-8/h3-7H,1-2H3,(H,12,14). The van der Waals surface area contributed by atoms with E-state index in [0.29, 0.717) is 5.69 Å². The lowest BCUT2D eigenvalue weighted by atomic mass is 10.3. The number of thiazole rings is 1. The number of carbonyl (C=O) groups excluding carboxylic acids is 1. The topological polar surface area (TPSA) is 42.0 Å². The van der Waals surface area contributed by atoms with Crippen molar-refractivity contribution in [3.8, 4) is 10.6 Å². The summed E-state index contributed by atoms with van der Waals surface area (Å²) in [5, 5.41) is 9.56. The summed E-state index contributed by atoms with van der Waals surface area (Å²) in [5.41, 5.74) is 1.58. The molecule has 0 saturated heterocycles. The maximum absolute atomic E-state index is 11.7. The van der Waals surface area contributed by atoms with E-state index < -0.39 is 0 Å². The van der Waals surface area contributed by atoms with Crippen molar-refractivity contribution in [2.75, 3.05) is 0 Å². The van der Waals surface area contributed by atoms with Crippen molar-refractivity contribution in [2.24, 2.45) is 0 Å². The first-order chi connectivity index (χ1) is 7.66. The summed E-state index contributed by atoms with van der Waals surface area (Å²) in [6, 6.07) is 2.15. The third-order valence-corrected chi connectivity index (χ3v) is 3.50. The molecular formula is C11H12N2OS2. The molecule has 2 rings (SSSR count). The SMILES string of the molecule is CC(C)NC(=O)c1csc(-c2ccsc2)n1. The van der Waals surface area contributed by atoms with E-state index in [1.165, 1.54) is 11.3 Å². The molecule has 16 heavy (non-hydrogen) atoms. The van der Waals surface area contributed by atoms with Gasteiger partial charge in [0.2, 0.25) is 0 Å². The zero-order valence-corrected chi connectivity index (χ0v) is 10.7. The van der Waals surface area contributed by atoms with E-state index in [9.17, 15) is 4.79 Å². The molecule has 0 aliphatic heterocycles. The van der Waals surface area contributed by atoms with Gasteiger partial charge in [0.25, 0.3) is 5.91 Å². The molecule has 0 fully saturated rings. The quantitative estimate of drug-likeness (QED) is 0.912. The zero-order valence-electron chi connectivity index (χ0n) is 9.06. The van der Waals surface area contributed by atoms with E-state index in [4.69, 9.17) is 0 Å². The highest BCUT2D eigenvalue weighted by Gasteiger charge is 2.12. The van der Waals surface area contributed by atoms with Crippen LogP contribution in [0.3, 0.4) is 0 Å². The van der Waals surface area contributed by atoms with E-state index in [1.807, 2.05) is 30.7 Å². The van der Waals surface area contributed by atoms with E-state index in [0.717, 1.165) is 10.6 Å². The van der Waals surface area contributed by atoms with Crippen LogP contribution in [0.15, 0.2) is 22.2 Å². The lowest BCUT2D eigenvalue weighted by molar-refractivity contribution is 0.0939. The zero-order chi connectivity index (χ0) is 11.5. The smallest absolute Gasteiger partial charge is 0.270 e. The summed E-state index contributed by atoms with van der Waals surface area (Å²) in [6.45, 7) is 3.87. The van der Waals surface area contributed by atoms with E-state index in [2.05, 4.69) is 10.3 Å². The van der Waals surface area contributed by atoms with Crippen LogP contribution in [0.25, 0.3) is 10.6 Å². The summed E-state index contributed by atoms with van der Waals surface area (Å²) in [5.74, 6) is -0.104. The molecule has 0 radical (unpaired) electrons. The number of aromatic nitrogens is 1. The number of hydrogen-bond acceptors (Lipinski definition) is 4. The van der Waals surface area contributed by atoms with Crippen molar-refractivity contribution >= 4 is 28.6 Å². The Hall–Kier alpha value is -1.20. The van der Waals surface area contributed by atoms with Gasteiger partial charge in [-0.05, 0) is 25.3 Å². The fraction of sp³-hybridized carbons (Fsp3) is 0.273. The van der Waals surface area contributed by atoms with Gasteiger partial charge in [-0.1, -0.05) is 0 Å². The predicted molar refractivity (Wildman–Crippen MR) is 68.0 cm³/mol. The van der Waals surface area contributed by atoms with Crippen LogP contribution in [0.4, 0.5) is 0 Å². The number of nitrogens with one attached hydrogen (secondary N) is 1. The fourth-order valence-electron chi connectivity index (χ4n) is 1.23. The van der Waals surface area contributed by atoms with Crippen LogP contribution in [0.2, 0.25) is 0 Å². The molecule has 0 aliphatic rings. The minimum absolute atomic E-state index is 0.104. The van der Waals surface area contributed by atoms with Crippen LogP contribution in [0, 0.1) is 0 Å². The first kappa shape index (κ1) is 11.3. The summed E-state index contributed by atoms with van der Waals surface area (Å²) >= 11 is 3.13. The molecule has 0 aromatic carbocycles. The van der Waals surface area contributed by atoms with Gasteiger partial charge in [-0.2, -0.15) is 11.3 Å². The molecule has 3 nitrogen and oxygen atoms in total. The molecule has 5 heteroatoms. The lowest BCUT2D eigenvalue weighted by Gasteiger charge is -2.05. The van der Waals surface area contributed by atoms with Gasteiger partial charge in [0.1, 0.15) is 10.7 Å². The molecule has 84 valence electrons. The van der Waals surface area contributed by atoms with E-state index >= 15 is 0 Å². The number of carbonyl (C=O) groups is 1. The Bertz CT molecular complexity index is 474. The highest BCUT2D eigenvalue weighted by molar-refractivity contribution is 7.14. The molecule has 0 spiro atoms. The molecule has 2 heterocycles. The number of hydrogen-bond donors (Lipinski definition) is 1. The Morgan fingerprint density at radius 2 is 2.25 bits per heavy atom. The van der Waals surface area contributed by atoms with Gasteiger partial charge < -0.3 is 5.32 Å². The Balaban J connectivity index is 2.17. The molecule has 2 aromatic rings. The van der Waals surface area contributed by atoms with Crippen molar-refractivity contribution in [3.63, 3.8) is 0 Å². The lowest BCUT2D eigenvalue weighted by Crippen LogP contribution is -2.30. The maximum Gasteiger partial charge on any atom is 0.270 e. The van der Waals surface area contributed by atoms with Gasteiger partial charge in [0.05, 0.1) is 0 Å². The Kier molecular flexibility index (Phi) is 3.36. The number of nitrogens with zero attached hydrogens (tertiary/aromatic N) is 1. The first-order valence-electron chi connectivity index (χ1n) is 4.96. The van der Waals surface area contributed by atoms with Crippen molar-refractivity contribution in [1.29, 1.82) is 0 Å². The largest absolute Gasteiger partial charge is 0.349 e. The fourth-order valence-corrected chi connectivity index (χ4v) is 2.75. The Morgan fingerprint density at radius 3 is 2.88 bits per heavy atom. The van der Waals surface area contributed by atoms with Gasteiger partial charge >= 0.3 is 0 Å². The number of thiophene rings is 1.